The summed E-state index contributed by atoms with van der Waals surface area (Å²) in [5.41, 5.74) is 8.27. The number of anilines is 1. The van der Waals surface area contributed by atoms with Gasteiger partial charge in [-0.1, -0.05) is 24.4 Å². The molecule has 0 amide bonds. The normalized spacial score (nSPS) is 10.1. The van der Waals surface area contributed by atoms with E-state index in [2.05, 4.69) is 10.3 Å². The van der Waals surface area contributed by atoms with E-state index in [9.17, 15) is 0 Å². The second kappa shape index (κ2) is 6.86. The van der Waals surface area contributed by atoms with E-state index in [-0.39, 0.29) is 0 Å². The van der Waals surface area contributed by atoms with Crippen LogP contribution in [0.2, 0.25) is 0 Å². The maximum absolute atomic E-state index is 5.66. The quantitative estimate of drug-likeness (QED) is 0.631. The summed E-state index contributed by atoms with van der Waals surface area (Å²) in [5.74, 6) is 0.880. The first-order valence-electron chi connectivity index (χ1n) is 6.34. The highest BCUT2D eigenvalue weighted by atomic mass is 32.1. The minimum absolute atomic E-state index is 0.296. The number of nitrogens with zero attached hydrogens (tertiary/aromatic N) is 1. The van der Waals surface area contributed by atoms with E-state index in [0.717, 1.165) is 11.4 Å². The molecular weight excluding hydrogens is 270 g/mol. The van der Waals surface area contributed by atoms with Gasteiger partial charge in [-0.3, -0.25) is 4.98 Å². The van der Waals surface area contributed by atoms with Crippen LogP contribution in [0.3, 0.4) is 0 Å². The summed E-state index contributed by atoms with van der Waals surface area (Å²) in [5, 5.41) is 3.24. The minimum atomic E-state index is 0.296. The fourth-order valence-corrected chi connectivity index (χ4v) is 1.86. The molecule has 5 heteroatoms. The van der Waals surface area contributed by atoms with Crippen LogP contribution in [0.1, 0.15) is 11.3 Å². The monoisotopic (exact) mass is 287 g/mol. The van der Waals surface area contributed by atoms with Gasteiger partial charge in [0.1, 0.15) is 17.3 Å². The van der Waals surface area contributed by atoms with Gasteiger partial charge in [-0.15, -0.1) is 0 Å². The second-order valence-electron chi connectivity index (χ2n) is 4.39. The number of rotatable bonds is 6. The van der Waals surface area contributed by atoms with E-state index in [1.165, 1.54) is 5.56 Å². The number of thiocarbonyl (C=S) groups is 1. The SMILES string of the molecule is Cc1cccc(OCCNc2ccnc(C(N)=S)c2)c1. The molecule has 0 unspecified atom stereocenters. The third kappa shape index (κ3) is 4.20. The number of benzene rings is 1. The van der Waals surface area contributed by atoms with Gasteiger partial charge in [0.05, 0.1) is 5.69 Å². The second-order valence-corrected chi connectivity index (χ2v) is 4.83. The van der Waals surface area contributed by atoms with Gasteiger partial charge < -0.3 is 15.8 Å². The van der Waals surface area contributed by atoms with Crippen LogP contribution in [-0.4, -0.2) is 23.1 Å². The molecule has 1 aromatic heterocycles. The summed E-state index contributed by atoms with van der Waals surface area (Å²) in [7, 11) is 0. The average molecular weight is 287 g/mol. The zero-order chi connectivity index (χ0) is 14.4. The van der Waals surface area contributed by atoms with Gasteiger partial charge >= 0.3 is 0 Å². The number of hydrogen-bond donors (Lipinski definition) is 2. The summed E-state index contributed by atoms with van der Waals surface area (Å²) in [4.78, 5) is 4.38. The van der Waals surface area contributed by atoms with E-state index < -0.39 is 0 Å². The highest BCUT2D eigenvalue weighted by Crippen LogP contribution is 2.12. The standard InChI is InChI=1S/C15H17N3OS/c1-11-3-2-4-13(9-11)19-8-7-17-12-5-6-18-14(10-12)15(16)20/h2-6,9-10H,7-8H2,1H3,(H2,16,20)(H,17,18). The molecule has 3 N–H and O–H groups in total. The zero-order valence-corrected chi connectivity index (χ0v) is 12.1. The predicted octanol–water partition coefficient (Wildman–Crippen LogP) is 2.52. The summed E-state index contributed by atoms with van der Waals surface area (Å²) in [6, 6.07) is 11.7. The maximum Gasteiger partial charge on any atom is 0.122 e. The van der Waals surface area contributed by atoms with Crippen molar-refractivity contribution in [2.75, 3.05) is 18.5 Å². The summed E-state index contributed by atoms with van der Waals surface area (Å²) in [6.07, 6.45) is 1.68. The first-order chi connectivity index (χ1) is 9.65. The van der Waals surface area contributed by atoms with E-state index in [1.54, 1.807) is 6.20 Å². The predicted molar refractivity (Wildman–Crippen MR) is 85.3 cm³/mol. The van der Waals surface area contributed by atoms with E-state index >= 15 is 0 Å². The van der Waals surface area contributed by atoms with E-state index in [1.807, 2.05) is 43.3 Å². The molecule has 20 heavy (non-hydrogen) atoms. The Hall–Kier alpha value is -2.14. The van der Waals surface area contributed by atoms with Crippen LogP contribution in [0.25, 0.3) is 0 Å². The number of ether oxygens (including phenoxy) is 1. The van der Waals surface area contributed by atoms with Crippen LogP contribution < -0.4 is 15.8 Å². The molecule has 0 atom stereocenters. The van der Waals surface area contributed by atoms with Gasteiger partial charge in [0, 0.05) is 18.4 Å². The molecule has 2 rings (SSSR count). The molecule has 1 heterocycles. The van der Waals surface area contributed by atoms with E-state index in [4.69, 9.17) is 22.7 Å². The van der Waals surface area contributed by atoms with Crippen molar-refractivity contribution in [1.82, 2.24) is 4.98 Å². The van der Waals surface area contributed by atoms with Crippen molar-refractivity contribution in [3.63, 3.8) is 0 Å². The molecule has 0 radical (unpaired) electrons. The number of nitrogens with two attached hydrogens (primary N) is 1. The molecule has 0 aliphatic rings. The number of hydrogen-bond acceptors (Lipinski definition) is 4. The van der Waals surface area contributed by atoms with Crippen molar-refractivity contribution in [3.05, 3.63) is 53.9 Å². The average Bonchev–Trinajstić information content (AvgIpc) is 2.44. The Balaban J connectivity index is 1.81. The topological polar surface area (TPSA) is 60.2 Å². The molecule has 0 bridgehead atoms. The lowest BCUT2D eigenvalue weighted by atomic mass is 10.2. The van der Waals surface area contributed by atoms with Gasteiger partial charge in [-0.2, -0.15) is 0 Å². The highest BCUT2D eigenvalue weighted by Gasteiger charge is 1.99. The van der Waals surface area contributed by atoms with Crippen LogP contribution in [0.4, 0.5) is 5.69 Å². The number of pyridine rings is 1. The first-order valence-corrected chi connectivity index (χ1v) is 6.75. The van der Waals surface area contributed by atoms with Gasteiger partial charge in [-0.25, -0.2) is 0 Å². The maximum atomic E-state index is 5.66. The van der Waals surface area contributed by atoms with Crippen LogP contribution in [0.15, 0.2) is 42.6 Å². The molecule has 0 aliphatic carbocycles. The first kappa shape index (κ1) is 14.3. The van der Waals surface area contributed by atoms with Crippen molar-refractivity contribution >= 4 is 22.9 Å². The van der Waals surface area contributed by atoms with Crippen LogP contribution >= 0.6 is 12.2 Å². The Morgan fingerprint density at radius 1 is 1.35 bits per heavy atom. The molecule has 1 aromatic carbocycles. The molecule has 0 spiro atoms. The Morgan fingerprint density at radius 2 is 2.20 bits per heavy atom. The molecule has 0 aliphatic heterocycles. The fraction of sp³-hybridized carbons (Fsp3) is 0.200. The van der Waals surface area contributed by atoms with Crippen LogP contribution in [0.5, 0.6) is 5.75 Å². The largest absolute Gasteiger partial charge is 0.492 e. The van der Waals surface area contributed by atoms with Gasteiger partial charge in [-0.05, 0) is 36.8 Å². The summed E-state index contributed by atoms with van der Waals surface area (Å²) in [6.45, 7) is 3.31. The van der Waals surface area contributed by atoms with Gasteiger partial charge in [0.15, 0.2) is 0 Å². The highest BCUT2D eigenvalue weighted by molar-refractivity contribution is 7.80. The Bertz CT molecular complexity index is 601. The number of aryl methyl sites for hydroxylation is 1. The molecule has 0 saturated heterocycles. The lowest BCUT2D eigenvalue weighted by Crippen LogP contribution is -2.14. The minimum Gasteiger partial charge on any atom is -0.492 e. The molecular formula is C15H17N3OS. The molecule has 0 fully saturated rings. The zero-order valence-electron chi connectivity index (χ0n) is 11.3. The van der Waals surface area contributed by atoms with Crippen LogP contribution in [0, 0.1) is 6.92 Å². The van der Waals surface area contributed by atoms with Crippen molar-refractivity contribution in [2.24, 2.45) is 5.73 Å². The number of nitrogens with one attached hydrogen (secondary N) is 1. The fourth-order valence-electron chi connectivity index (χ4n) is 1.74. The van der Waals surface area contributed by atoms with Crippen molar-refractivity contribution in [2.45, 2.75) is 6.92 Å². The van der Waals surface area contributed by atoms with Gasteiger partial charge in [0.25, 0.3) is 0 Å². The molecule has 0 saturated carbocycles. The molecule has 2 aromatic rings. The van der Waals surface area contributed by atoms with Crippen molar-refractivity contribution < 1.29 is 4.74 Å². The van der Waals surface area contributed by atoms with Crippen molar-refractivity contribution in [1.29, 1.82) is 0 Å². The molecule has 104 valence electrons. The number of aromatic nitrogens is 1. The molecule has 4 nitrogen and oxygen atoms in total. The Kier molecular flexibility index (Phi) is 4.90. The Labute approximate surface area is 124 Å². The lowest BCUT2D eigenvalue weighted by molar-refractivity contribution is 0.332. The Morgan fingerprint density at radius 3 is 2.95 bits per heavy atom. The third-order valence-corrected chi connectivity index (χ3v) is 2.91. The lowest BCUT2D eigenvalue weighted by Gasteiger charge is -2.09. The third-order valence-electron chi connectivity index (χ3n) is 2.70. The van der Waals surface area contributed by atoms with E-state index in [0.29, 0.717) is 23.8 Å². The smallest absolute Gasteiger partial charge is 0.122 e. The summed E-state index contributed by atoms with van der Waals surface area (Å²) < 4.78 is 5.66. The van der Waals surface area contributed by atoms with Crippen LogP contribution in [-0.2, 0) is 0 Å². The summed E-state index contributed by atoms with van der Waals surface area (Å²) >= 11 is 4.90. The van der Waals surface area contributed by atoms with Gasteiger partial charge in [0.2, 0.25) is 0 Å². The van der Waals surface area contributed by atoms with Crippen molar-refractivity contribution in [3.8, 4) is 5.75 Å².